The molecule has 0 aliphatic carbocycles. The van der Waals surface area contributed by atoms with Crippen LogP contribution in [0.5, 0.6) is 5.75 Å². The van der Waals surface area contributed by atoms with Crippen LogP contribution < -0.4 is 16.4 Å². The van der Waals surface area contributed by atoms with Crippen molar-refractivity contribution in [3.05, 3.63) is 29.8 Å². The number of aliphatic hydroxyl groups is 1. The summed E-state index contributed by atoms with van der Waals surface area (Å²) < 4.78 is 0. The molecule has 9 nitrogen and oxygen atoms in total. The van der Waals surface area contributed by atoms with E-state index < -0.39 is 42.5 Å². The number of aliphatic carboxylic acids is 1. The van der Waals surface area contributed by atoms with Crippen LogP contribution in [0.4, 0.5) is 0 Å². The molecule has 0 saturated carbocycles. The van der Waals surface area contributed by atoms with E-state index in [9.17, 15) is 24.6 Å². The third kappa shape index (κ3) is 5.86. The number of carbonyl (C=O) groups is 3. The lowest BCUT2D eigenvalue weighted by Crippen LogP contribution is -2.54. The maximum Gasteiger partial charge on any atom is 0.326 e. The van der Waals surface area contributed by atoms with Gasteiger partial charge < -0.3 is 31.7 Å². The van der Waals surface area contributed by atoms with Crippen LogP contribution >= 0.6 is 0 Å². The number of benzene rings is 1. The molecule has 1 aromatic carbocycles. The third-order valence-corrected chi connectivity index (χ3v) is 3.28. The zero-order chi connectivity index (χ0) is 18.3. The third-order valence-electron chi connectivity index (χ3n) is 3.28. The molecule has 0 spiro atoms. The Balaban J connectivity index is 2.67. The van der Waals surface area contributed by atoms with E-state index in [-0.39, 0.29) is 12.2 Å². The highest BCUT2D eigenvalue weighted by atomic mass is 16.4. The maximum atomic E-state index is 12.0. The summed E-state index contributed by atoms with van der Waals surface area (Å²) >= 11 is 0. The first-order chi connectivity index (χ1) is 11.2. The molecule has 3 atom stereocenters. The van der Waals surface area contributed by atoms with Crippen LogP contribution in [0.25, 0.3) is 0 Å². The van der Waals surface area contributed by atoms with Crippen LogP contribution in [0.1, 0.15) is 12.5 Å². The largest absolute Gasteiger partial charge is 0.508 e. The molecule has 0 saturated heterocycles. The second-order valence-electron chi connectivity index (χ2n) is 5.29. The summed E-state index contributed by atoms with van der Waals surface area (Å²) in [6, 6.07) is 2.54. The number of carbonyl (C=O) groups excluding carboxylic acids is 2. The first-order valence-electron chi connectivity index (χ1n) is 7.22. The number of phenols is 1. The predicted molar refractivity (Wildman–Crippen MR) is 84.0 cm³/mol. The molecule has 0 radical (unpaired) electrons. The van der Waals surface area contributed by atoms with Gasteiger partial charge in [0.15, 0.2) is 0 Å². The second-order valence-corrected chi connectivity index (χ2v) is 5.29. The Hall–Kier alpha value is -2.65. The summed E-state index contributed by atoms with van der Waals surface area (Å²) in [4.78, 5) is 34.8. The summed E-state index contributed by atoms with van der Waals surface area (Å²) in [7, 11) is 0. The number of hydrogen-bond acceptors (Lipinski definition) is 6. The van der Waals surface area contributed by atoms with Gasteiger partial charge in [0.1, 0.15) is 23.9 Å². The molecule has 0 heterocycles. The van der Waals surface area contributed by atoms with Crippen LogP contribution in [0.15, 0.2) is 24.3 Å². The fourth-order valence-electron chi connectivity index (χ4n) is 1.83. The minimum Gasteiger partial charge on any atom is -0.508 e. The zero-order valence-electron chi connectivity index (χ0n) is 13.1. The molecule has 7 N–H and O–H groups in total. The summed E-state index contributed by atoms with van der Waals surface area (Å²) in [5.41, 5.74) is 5.93. The summed E-state index contributed by atoms with van der Waals surface area (Å²) in [6.07, 6.45) is 0.0121. The van der Waals surface area contributed by atoms with E-state index in [2.05, 4.69) is 10.6 Å². The van der Waals surface area contributed by atoms with Crippen molar-refractivity contribution in [2.45, 2.75) is 31.5 Å². The maximum absolute atomic E-state index is 12.0. The van der Waals surface area contributed by atoms with Crippen LogP contribution in [0.3, 0.4) is 0 Å². The molecular formula is C15H21N3O6. The van der Waals surface area contributed by atoms with Crippen molar-refractivity contribution < 1.29 is 29.7 Å². The number of hydrogen-bond donors (Lipinski definition) is 6. The van der Waals surface area contributed by atoms with Crippen LogP contribution in [0.2, 0.25) is 0 Å². The van der Waals surface area contributed by atoms with Crippen molar-refractivity contribution in [1.29, 1.82) is 0 Å². The van der Waals surface area contributed by atoms with E-state index in [4.69, 9.17) is 10.8 Å². The number of phenolic OH excluding ortho intramolecular Hbond substituents is 1. The molecule has 9 heteroatoms. The normalized spacial score (nSPS) is 14.3. The average Bonchev–Trinajstić information content (AvgIpc) is 2.54. The lowest BCUT2D eigenvalue weighted by molar-refractivity contribution is -0.142. The van der Waals surface area contributed by atoms with Gasteiger partial charge >= 0.3 is 5.97 Å². The Labute approximate surface area is 138 Å². The lowest BCUT2D eigenvalue weighted by atomic mass is 10.1. The minimum absolute atomic E-state index is 0.0121. The highest BCUT2D eigenvalue weighted by molar-refractivity contribution is 5.91. The van der Waals surface area contributed by atoms with Gasteiger partial charge in [-0.05, 0) is 24.6 Å². The summed E-state index contributed by atoms with van der Waals surface area (Å²) in [6.45, 7) is 0.801. The van der Waals surface area contributed by atoms with E-state index in [0.717, 1.165) is 0 Å². The van der Waals surface area contributed by atoms with Gasteiger partial charge in [0, 0.05) is 6.42 Å². The number of rotatable bonds is 8. The lowest BCUT2D eigenvalue weighted by Gasteiger charge is -2.20. The molecule has 0 aromatic heterocycles. The predicted octanol–water partition coefficient (Wildman–Crippen LogP) is -1.67. The topological polar surface area (TPSA) is 162 Å². The molecule has 0 aliphatic rings. The van der Waals surface area contributed by atoms with Gasteiger partial charge in [-0.15, -0.1) is 0 Å². The number of carboxylic acid groups (broad SMARTS) is 1. The summed E-state index contributed by atoms with van der Waals surface area (Å²) in [5.74, 6) is -2.60. The first kappa shape index (κ1) is 19.4. The molecule has 0 fully saturated rings. The first-order valence-corrected chi connectivity index (χ1v) is 7.22. The monoisotopic (exact) mass is 339 g/mol. The van der Waals surface area contributed by atoms with Crippen molar-refractivity contribution in [2.24, 2.45) is 5.73 Å². The van der Waals surface area contributed by atoms with Gasteiger partial charge in [-0.3, -0.25) is 9.59 Å². The van der Waals surface area contributed by atoms with Gasteiger partial charge in [-0.25, -0.2) is 4.79 Å². The number of amides is 2. The molecule has 0 bridgehead atoms. The Morgan fingerprint density at radius 3 is 2.21 bits per heavy atom. The molecule has 24 heavy (non-hydrogen) atoms. The molecule has 1 aromatic rings. The molecule has 2 amide bonds. The zero-order valence-corrected chi connectivity index (χ0v) is 13.1. The van der Waals surface area contributed by atoms with Gasteiger partial charge in [0.25, 0.3) is 0 Å². The number of nitrogens with two attached hydrogens (primary N) is 1. The Morgan fingerprint density at radius 1 is 1.12 bits per heavy atom. The second kappa shape index (κ2) is 8.85. The minimum atomic E-state index is -1.23. The highest BCUT2D eigenvalue weighted by Gasteiger charge is 2.25. The van der Waals surface area contributed by atoms with Crippen molar-refractivity contribution in [3.8, 4) is 5.75 Å². The smallest absolute Gasteiger partial charge is 0.326 e. The standard InChI is InChI=1S/C15H21N3O6/c1-8(17-14(22)11(16)7-19)13(21)18-12(15(23)24)6-9-2-4-10(20)5-3-9/h2-5,8,11-12,19-20H,6-7,16H2,1H3,(H,17,22)(H,18,21)(H,23,24)/t8-,11-,12-/m0/s1. The van der Waals surface area contributed by atoms with Crippen molar-refractivity contribution >= 4 is 17.8 Å². The SMILES string of the molecule is C[C@H](NC(=O)[C@@H](N)CO)C(=O)N[C@@H](Cc1ccc(O)cc1)C(=O)O. The highest BCUT2D eigenvalue weighted by Crippen LogP contribution is 2.11. The van der Waals surface area contributed by atoms with E-state index in [1.54, 1.807) is 12.1 Å². The number of aromatic hydroxyl groups is 1. The van der Waals surface area contributed by atoms with Crippen molar-refractivity contribution in [3.63, 3.8) is 0 Å². The van der Waals surface area contributed by atoms with Gasteiger partial charge in [0.05, 0.1) is 6.61 Å². The molecule has 1 rings (SSSR count). The fourth-order valence-corrected chi connectivity index (χ4v) is 1.83. The quantitative estimate of drug-likeness (QED) is 0.330. The van der Waals surface area contributed by atoms with Gasteiger partial charge in [-0.2, -0.15) is 0 Å². The Kier molecular flexibility index (Phi) is 7.15. The average molecular weight is 339 g/mol. The van der Waals surface area contributed by atoms with Gasteiger partial charge in [-0.1, -0.05) is 12.1 Å². The Morgan fingerprint density at radius 2 is 1.71 bits per heavy atom. The number of nitrogens with one attached hydrogen (secondary N) is 2. The van der Waals surface area contributed by atoms with E-state index in [1.807, 2.05) is 0 Å². The number of aliphatic hydroxyl groups excluding tert-OH is 1. The molecule has 0 unspecified atom stereocenters. The number of carboxylic acids is 1. The Bertz CT molecular complexity index is 589. The molecular weight excluding hydrogens is 318 g/mol. The summed E-state index contributed by atoms with van der Waals surface area (Å²) in [5, 5.41) is 31.8. The van der Waals surface area contributed by atoms with Crippen LogP contribution in [-0.2, 0) is 20.8 Å². The fraction of sp³-hybridized carbons (Fsp3) is 0.400. The van der Waals surface area contributed by atoms with E-state index >= 15 is 0 Å². The van der Waals surface area contributed by atoms with Crippen LogP contribution in [-0.4, -0.2) is 57.8 Å². The van der Waals surface area contributed by atoms with E-state index in [0.29, 0.717) is 5.56 Å². The van der Waals surface area contributed by atoms with Crippen LogP contribution in [0, 0.1) is 0 Å². The van der Waals surface area contributed by atoms with Crippen molar-refractivity contribution in [2.75, 3.05) is 6.61 Å². The van der Waals surface area contributed by atoms with Gasteiger partial charge in [0.2, 0.25) is 11.8 Å². The van der Waals surface area contributed by atoms with E-state index in [1.165, 1.54) is 19.1 Å². The molecule has 0 aliphatic heterocycles. The molecule has 132 valence electrons. The van der Waals surface area contributed by atoms with Crippen molar-refractivity contribution in [1.82, 2.24) is 10.6 Å².